The molecule has 1 aliphatic carbocycles. The first kappa shape index (κ1) is 19.3. The van der Waals surface area contributed by atoms with Gasteiger partial charge in [0.25, 0.3) is 5.91 Å². The van der Waals surface area contributed by atoms with Gasteiger partial charge in [-0.3, -0.25) is 9.79 Å². The first-order valence-corrected chi connectivity index (χ1v) is 9.29. The van der Waals surface area contributed by atoms with Gasteiger partial charge in [0.15, 0.2) is 11.7 Å². The fourth-order valence-electron chi connectivity index (χ4n) is 3.64. The van der Waals surface area contributed by atoms with Crippen molar-refractivity contribution in [3.8, 4) is 0 Å². The zero-order chi connectivity index (χ0) is 18.2. The molecule has 3 N–H and O–H groups in total. The van der Waals surface area contributed by atoms with Crippen LogP contribution in [0.5, 0.6) is 0 Å². The van der Waals surface area contributed by atoms with E-state index in [1.54, 1.807) is 13.1 Å². The number of hydrogen-bond donors (Lipinski definition) is 3. The number of nitrogens with zero attached hydrogens (tertiary/aromatic N) is 1. The standard InChI is InChI=1S/C19H32N4O2/c1-13-10-14(2)12-16(11-13)23-19(20-4)22-8-5-7-21-18(24)17-15(3)6-9-25-17/h6,9,13-14,16H,5,7-8,10-12H2,1-4H3,(H,21,24)(H2,20,22,23). The fraction of sp³-hybridized carbons (Fsp3) is 0.684. The lowest BCUT2D eigenvalue weighted by Crippen LogP contribution is -2.46. The number of aryl methyl sites for hydroxylation is 1. The first-order valence-electron chi connectivity index (χ1n) is 9.29. The highest BCUT2D eigenvalue weighted by atomic mass is 16.3. The van der Waals surface area contributed by atoms with Crippen molar-refractivity contribution in [1.29, 1.82) is 0 Å². The summed E-state index contributed by atoms with van der Waals surface area (Å²) in [4.78, 5) is 16.3. The highest BCUT2D eigenvalue weighted by Gasteiger charge is 2.24. The molecule has 1 heterocycles. The van der Waals surface area contributed by atoms with Crippen molar-refractivity contribution in [1.82, 2.24) is 16.0 Å². The molecule has 1 aromatic heterocycles. The summed E-state index contributed by atoms with van der Waals surface area (Å²) in [5.74, 6) is 2.61. The van der Waals surface area contributed by atoms with Gasteiger partial charge in [0, 0.05) is 31.7 Å². The third kappa shape index (κ3) is 6.11. The van der Waals surface area contributed by atoms with E-state index in [1.165, 1.54) is 25.5 Å². The minimum atomic E-state index is -0.157. The summed E-state index contributed by atoms with van der Waals surface area (Å²) in [6.45, 7) is 7.87. The molecule has 2 unspecified atom stereocenters. The Morgan fingerprint density at radius 3 is 2.48 bits per heavy atom. The molecule has 0 radical (unpaired) electrons. The Morgan fingerprint density at radius 2 is 1.88 bits per heavy atom. The Bertz CT molecular complexity index is 572. The van der Waals surface area contributed by atoms with E-state index in [0.29, 0.717) is 18.3 Å². The number of rotatable bonds is 6. The van der Waals surface area contributed by atoms with Crippen molar-refractivity contribution in [3.05, 3.63) is 23.7 Å². The van der Waals surface area contributed by atoms with Gasteiger partial charge >= 0.3 is 0 Å². The van der Waals surface area contributed by atoms with Gasteiger partial charge in [-0.15, -0.1) is 0 Å². The maximum atomic E-state index is 11.9. The molecule has 1 aliphatic rings. The van der Waals surface area contributed by atoms with Gasteiger partial charge in [0.05, 0.1) is 6.26 Å². The van der Waals surface area contributed by atoms with Gasteiger partial charge < -0.3 is 20.4 Å². The molecule has 1 amide bonds. The van der Waals surface area contributed by atoms with Crippen molar-refractivity contribution in [2.75, 3.05) is 20.1 Å². The number of carbonyl (C=O) groups excluding carboxylic acids is 1. The summed E-state index contributed by atoms with van der Waals surface area (Å²) in [5, 5.41) is 9.74. The highest BCUT2D eigenvalue weighted by molar-refractivity contribution is 5.92. The Kier molecular flexibility index (Phi) is 7.34. The predicted molar refractivity (Wildman–Crippen MR) is 101 cm³/mol. The lowest BCUT2D eigenvalue weighted by atomic mass is 9.80. The average molecular weight is 348 g/mol. The molecule has 2 rings (SSSR count). The Labute approximate surface area is 150 Å². The number of carbonyl (C=O) groups is 1. The molecule has 1 saturated carbocycles. The second-order valence-electron chi connectivity index (χ2n) is 7.30. The molecular formula is C19H32N4O2. The number of aliphatic imine (C=N–C) groups is 1. The lowest BCUT2D eigenvalue weighted by molar-refractivity contribution is 0.0925. The molecule has 0 spiro atoms. The lowest BCUT2D eigenvalue weighted by Gasteiger charge is -2.32. The summed E-state index contributed by atoms with van der Waals surface area (Å²) >= 11 is 0. The van der Waals surface area contributed by atoms with E-state index < -0.39 is 0 Å². The third-order valence-corrected chi connectivity index (χ3v) is 4.74. The van der Waals surface area contributed by atoms with Crippen LogP contribution in [-0.4, -0.2) is 38.0 Å². The summed E-state index contributed by atoms with van der Waals surface area (Å²) < 4.78 is 5.18. The normalized spacial score (nSPS) is 24.0. The zero-order valence-corrected chi connectivity index (χ0v) is 15.9. The van der Waals surface area contributed by atoms with Crippen LogP contribution in [0.15, 0.2) is 21.7 Å². The van der Waals surface area contributed by atoms with Crippen LogP contribution < -0.4 is 16.0 Å². The quantitative estimate of drug-likeness (QED) is 0.420. The van der Waals surface area contributed by atoms with Gasteiger partial charge in [-0.25, -0.2) is 0 Å². The monoisotopic (exact) mass is 348 g/mol. The molecule has 1 fully saturated rings. The van der Waals surface area contributed by atoms with Gasteiger partial charge in [0.1, 0.15) is 0 Å². The van der Waals surface area contributed by atoms with Crippen LogP contribution in [0.1, 0.15) is 55.6 Å². The number of furan rings is 1. The molecule has 2 atom stereocenters. The zero-order valence-electron chi connectivity index (χ0n) is 15.9. The van der Waals surface area contributed by atoms with Crippen molar-refractivity contribution in [3.63, 3.8) is 0 Å². The topological polar surface area (TPSA) is 78.7 Å². The molecule has 140 valence electrons. The molecular weight excluding hydrogens is 316 g/mol. The summed E-state index contributed by atoms with van der Waals surface area (Å²) in [5.41, 5.74) is 0.858. The van der Waals surface area contributed by atoms with Crippen molar-refractivity contribution in [2.45, 2.75) is 52.5 Å². The van der Waals surface area contributed by atoms with Crippen molar-refractivity contribution in [2.24, 2.45) is 16.8 Å². The summed E-state index contributed by atoms with van der Waals surface area (Å²) in [7, 11) is 1.80. The van der Waals surface area contributed by atoms with Gasteiger partial charge in [-0.2, -0.15) is 0 Å². The predicted octanol–water partition coefficient (Wildman–Crippen LogP) is 2.70. The van der Waals surface area contributed by atoms with E-state index in [-0.39, 0.29) is 5.91 Å². The van der Waals surface area contributed by atoms with Gasteiger partial charge in [0.2, 0.25) is 0 Å². The number of guanidine groups is 1. The summed E-state index contributed by atoms with van der Waals surface area (Å²) in [6, 6.07) is 2.28. The van der Waals surface area contributed by atoms with Crippen LogP contribution >= 0.6 is 0 Å². The van der Waals surface area contributed by atoms with Gasteiger partial charge in [-0.1, -0.05) is 13.8 Å². The minimum Gasteiger partial charge on any atom is -0.459 e. The smallest absolute Gasteiger partial charge is 0.287 e. The van der Waals surface area contributed by atoms with Crippen LogP contribution in [0.3, 0.4) is 0 Å². The largest absolute Gasteiger partial charge is 0.459 e. The van der Waals surface area contributed by atoms with E-state index in [9.17, 15) is 4.79 Å². The molecule has 1 aromatic rings. The molecule has 6 nitrogen and oxygen atoms in total. The molecule has 25 heavy (non-hydrogen) atoms. The second-order valence-corrected chi connectivity index (χ2v) is 7.30. The van der Waals surface area contributed by atoms with Gasteiger partial charge in [-0.05, 0) is 50.5 Å². The van der Waals surface area contributed by atoms with Crippen LogP contribution in [0.4, 0.5) is 0 Å². The number of hydrogen-bond acceptors (Lipinski definition) is 3. The van der Waals surface area contributed by atoms with E-state index in [1.807, 2.05) is 6.92 Å². The van der Waals surface area contributed by atoms with Crippen LogP contribution in [-0.2, 0) is 0 Å². The SMILES string of the molecule is CN=C(NCCCNC(=O)c1occc1C)NC1CC(C)CC(C)C1. The van der Waals surface area contributed by atoms with E-state index in [4.69, 9.17) is 4.42 Å². The van der Waals surface area contributed by atoms with Crippen LogP contribution in [0.2, 0.25) is 0 Å². The molecule has 0 aliphatic heterocycles. The Morgan fingerprint density at radius 1 is 1.20 bits per heavy atom. The summed E-state index contributed by atoms with van der Waals surface area (Å²) in [6.07, 6.45) is 6.07. The second kappa shape index (κ2) is 9.49. The number of nitrogens with one attached hydrogen (secondary N) is 3. The maximum absolute atomic E-state index is 11.9. The third-order valence-electron chi connectivity index (χ3n) is 4.74. The minimum absolute atomic E-state index is 0.157. The van der Waals surface area contributed by atoms with Crippen LogP contribution in [0, 0.1) is 18.8 Å². The average Bonchev–Trinajstić information content (AvgIpc) is 2.98. The van der Waals surface area contributed by atoms with Crippen LogP contribution in [0.25, 0.3) is 0 Å². The van der Waals surface area contributed by atoms with E-state index in [2.05, 4.69) is 34.8 Å². The van der Waals surface area contributed by atoms with E-state index >= 15 is 0 Å². The molecule has 0 bridgehead atoms. The highest BCUT2D eigenvalue weighted by Crippen LogP contribution is 2.28. The maximum Gasteiger partial charge on any atom is 0.287 e. The van der Waals surface area contributed by atoms with Crippen molar-refractivity contribution < 1.29 is 9.21 Å². The van der Waals surface area contributed by atoms with Crippen molar-refractivity contribution >= 4 is 11.9 Å². The first-order chi connectivity index (χ1) is 12.0. The Hall–Kier alpha value is -1.98. The molecule has 6 heteroatoms. The molecule has 0 aromatic carbocycles. The molecule has 0 saturated heterocycles. The Balaban J connectivity index is 1.64. The number of amides is 1. The fourth-order valence-corrected chi connectivity index (χ4v) is 3.64. The van der Waals surface area contributed by atoms with E-state index in [0.717, 1.165) is 36.3 Å².